The van der Waals surface area contributed by atoms with Crippen molar-refractivity contribution in [2.24, 2.45) is 0 Å². The molecular weight excluding hydrogens is 261 g/mol. The Kier molecular flexibility index (Phi) is 2.96. The number of aryl methyl sites for hydroxylation is 1. The normalized spacial score (nSPS) is 17.8. The van der Waals surface area contributed by atoms with Gasteiger partial charge in [-0.15, -0.1) is 11.3 Å². The van der Waals surface area contributed by atoms with Crippen molar-refractivity contribution in [1.29, 1.82) is 5.26 Å². The maximum absolute atomic E-state index is 13.2. The molecule has 2 N–H and O–H groups in total. The molecule has 19 heavy (non-hydrogen) atoms. The second kappa shape index (κ2) is 4.63. The van der Waals surface area contributed by atoms with Crippen molar-refractivity contribution in [1.82, 2.24) is 4.98 Å². The number of anilines is 1. The van der Waals surface area contributed by atoms with Crippen molar-refractivity contribution >= 4 is 16.5 Å². The Balaban J connectivity index is 2.11. The van der Waals surface area contributed by atoms with Gasteiger partial charge < -0.3 is 5.73 Å². The highest BCUT2D eigenvalue weighted by atomic mass is 32.1. The van der Waals surface area contributed by atoms with E-state index in [-0.39, 0.29) is 11.7 Å². The highest BCUT2D eigenvalue weighted by Gasteiger charge is 2.27. The molecule has 1 aromatic heterocycles. The highest BCUT2D eigenvalue weighted by molar-refractivity contribution is 7.15. The lowest BCUT2D eigenvalue weighted by Gasteiger charge is -2.22. The summed E-state index contributed by atoms with van der Waals surface area (Å²) in [7, 11) is 0. The number of nitrogen functional groups attached to an aromatic ring is 1. The molecule has 96 valence electrons. The number of nitriles is 1. The molecular formula is C14H12FN3S. The standard InChI is InChI=1S/C14H12FN3S/c15-9-4-5-10(8(6-9)7-16)11-2-1-3-12-13(11)19-14(17)18-12/h4-6,11H,1-3H2,(H2,17,18). The minimum absolute atomic E-state index is 0.119. The Bertz CT molecular complexity index is 672. The molecule has 1 heterocycles. The van der Waals surface area contributed by atoms with E-state index in [1.807, 2.05) is 0 Å². The van der Waals surface area contributed by atoms with Gasteiger partial charge in [0.05, 0.1) is 17.3 Å². The minimum atomic E-state index is -0.375. The van der Waals surface area contributed by atoms with E-state index in [1.165, 1.54) is 23.5 Å². The summed E-state index contributed by atoms with van der Waals surface area (Å²) >= 11 is 1.48. The van der Waals surface area contributed by atoms with E-state index >= 15 is 0 Å². The van der Waals surface area contributed by atoms with Crippen molar-refractivity contribution in [2.75, 3.05) is 5.73 Å². The van der Waals surface area contributed by atoms with Crippen LogP contribution in [0.4, 0.5) is 9.52 Å². The number of fused-ring (bicyclic) bond motifs is 1. The summed E-state index contributed by atoms with van der Waals surface area (Å²) < 4.78 is 13.2. The molecule has 1 aromatic carbocycles. The van der Waals surface area contributed by atoms with Crippen LogP contribution in [0.15, 0.2) is 18.2 Å². The summed E-state index contributed by atoms with van der Waals surface area (Å²) in [5.74, 6) is -0.256. The smallest absolute Gasteiger partial charge is 0.180 e. The van der Waals surface area contributed by atoms with Gasteiger partial charge in [0.15, 0.2) is 5.13 Å². The number of benzene rings is 1. The predicted octanol–water partition coefficient (Wildman–Crippen LogP) is 3.20. The Morgan fingerprint density at radius 3 is 3.11 bits per heavy atom. The predicted molar refractivity (Wildman–Crippen MR) is 72.4 cm³/mol. The number of rotatable bonds is 1. The zero-order chi connectivity index (χ0) is 13.4. The monoisotopic (exact) mass is 273 g/mol. The first kappa shape index (κ1) is 12.1. The molecule has 3 nitrogen and oxygen atoms in total. The molecule has 1 aliphatic rings. The molecule has 0 amide bonds. The van der Waals surface area contributed by atoms with E-state index in [4.69, 9.17) is 5.73 Å². The molecule has 0 radical (unpaired) electrons. The fourth-order valence-electron chi connectivity index (χ4n) is 2.66. The van der Waals surface area contributed by atoms with E-state index in [1.54, 1.807) is 6.07 Å². The lowest BCUT2D eigenvalue weighted by atomic mass is 9.84. The SMILES string of the molecule is N#Cc1cc(F)ccc1C1CCCc2nc(N)sc21. The Hall–Kier alpha value is -1.93. The summed E-state index contributed by atoms with van der Waals surface area (Å²) in [6.07, 6.45) is 2.90. The first-order valence-electron chi connectivity index (χ1n) is 6.13. The summed E-state index contributed by atoms with van der Waals surface area (Å²) in [6.45, 7) is 0. The van der Waals surface area contributed by atoms with E-state index < -0.39 is 0 Å². The van der Waals surface area contributed by atoms with Gasteiger partial charge in [-0.1, -0.05) is 6.07 Å². The van der Waals surface area contributed by atoms with Crippen molar-refractivity contribution < 1.29 is 4.39 Å². The van der Waals surface area contributed by atoms with E-state index in [0.717, 1.165) is 35.4 Å². The van der Waals surface area contributed by atoms with E-state index in [2.05, 4.69) is 11.1 Å². The lowest BCUT2D eigenvalue weighted by Crippen LogP contribution is -2.10. The molecule has 0 bridgehead atoms. The first-order chi connectivity index (χ1) is 9.19. The molecule has 5 heteroatoms. The van der Waals surface area contributed by atoms with Crippen LogP contribution in [-0.4, -0.2) is 4.98 Å². The van der Waals surface area contributed by atoms with Gasteiger partial charge in [-0.05, 0) is 37.0 Å². The van der Waals surface area contributed by atoms with Crippen LogP contribution in [-0.2, 0) is 6.42 Å². The number of thiazole rings is 1. The fraction of sp³-hybridized carbons (Fsp3) is 0.286. The first-order valence-corrected chi connectivity index (χ1v) is 6.95. The molecule has 0 saturated carbocycles. The van der Waals surface area contributed by atoms with Crippen LogP contribution in [0.3, 0.4) is 0 Å². The molecule has 2 aromatic rings. The molecule has 1 unspecified atom stereocenters. The van der Waals surface area contributed by atoms with Crippen LogP contribution < -0.4 is 5.73 Å². The third-order valence-electron chi connectivity index (χ3n) is 3.48. The number of hydrogen-bond acceptors (Lipinski definition) is 4. The maximum Gasteiger partial charge on any atom is 0.180 e. The zero-order valence-corrected chi connectivity index (χ0v) is 11.0. The van der Waals surface area contributed by atoms with Crippen molar-refractivity contribution in [3.05, 3.63) is 45.7 Å². The summed E-state index contributed by atoms with van der Waals surface area (Å²) in [5, 5.41) is 9.74. The van der Waals surface area contributed by atoms with Crippen LogP contribution in [0.2, 0.25) is 0 Å². The van der Waals surface area contributed by atoms with Crippen LogP contribution in [0, 0.1) is 17.1 Å². The van der Waals surface area contributed by atoms with Gasteiger partial charge in [0.1, 0.15) is 5.82 Å². The van der Waals surface area contributed by atoms with Gasteiger partial charge in [-0.25, -0.2) is 9.37 Å². The van der Waals surface area contributed by atoms with Gasteiger partial charge in [0.2, 0.25) is 0 Å². The zero-order valence-electron chi connectivity index (χ0n) is 10.2. The van der Waals surface area contributed by atoms with E-state index in [0.29, 0.717) is 10.7 Å². The Morgan fingerprint density at radius 1 is 1.47 bits per heavy atom. The summed E-state index contributed by atoms with van der Waals surface area (Å²) in [6, 6.07) is 6.51. The summed E-state index contributed by atoms with van der Waals surface area (Å²) in [5.41, 5.74) is 8.10. The molecule has 0 fully saturated rings. The lowest BCUT2D eigenvalue weighted by molar-refractivity contribution is 0.607. The van der Waals surface area contributed by atoms with Gasteiger partial charge in [0, 0.05) is 10.8 Å². The van der Waals surface area contributed by atoms with Gasteiger partial charge in [-0.2, -0.15) is 5.26 Å². The molecule has 0 aliphatic heterocycles. The number of aromatic nitrogens is 1. The molecule has 1 atom stereocenters. The Morgan fingerprint density at radius 2 is 2.32 bits per heavy atom. The fourth-order valence-corrected chi connectivity index (χ4v) is 3.70. The third kappa shape index (κ3) is 2.08. The van der Waals surface area contributed by atoms with E-state index in [9.17, 15) is 9.65 Å². The van der Waals surface area contributed by atoms with Crippen LogP contribution in [0.5, 0.6) is 0 Å². The molecule has 0 saturated heterocycles. The second-order valence-corrected chi connectivity index (χ2v) is 5.71. The minimum Gasteiger partial charge on any atom is -0.375 e. The van der Waals surface area contributed by atoms with Gasteiger partial charge >= 0.3 is 0 Å². The number of nitrogens with zero attached hydrogens (tertiary/aromatic N) is 2. The molecule has 3 rings (SSSR count). The van der Waals surface area contributed by atoms with Gasteiger partial charge in [-0.3, -0.25) is 0 Å². The summed E-state index contributed by atoms with van der Waals surface area (Å²) in [4.78, 5) is 5.47. The highest BCUT2D eigenvalue weighted by Crippen LogP contribution is 2.41. The quantitative estimate of drug-likeness (QED) is 0.867. The largest absolute Gasteiger partial charge is 0.375 e. The van der Waals surface area contributed by atoms with Crippen molar-refractivity contribution in [3.8, 4) is 6.07 Å². The number of hydrogen-bond donors (Lipinski definition) is 1. The average molecular weight is 273 g/mol. The van der Waals surface area contributed by atoms with Crippen LogP contribution >= 0.6 is 11.3 Å². The topological polar surface area (TPSA) is 62.7 Å². The second-order valence-electron chi connectivity index (χ2n) is 4.65. The maximum atomic E-state index is 13.2. The third-order valence-corrected chi connectivity index (χ3v) is 4.52. The molecule has 1 aliphatic carbocycles. The number of halogens is 1. The van der Waals surface area contributed by atoms with Gasteiger partial charge in [0.25, 0.3) is 0 Å². The molecule has 0 spiro atoms. The van der Waals surface area contributed by atoms with Crippen LogP contribution in [0.1, 0.15) is 40.5 Å². The number of nitrogens with two attached hydrogens (primary N) is 1. The van der Waals surface area contributed by atoms with Crippen LogP contribution in [0.25, 0.3) is 0 Å². The van der Waals surface area contributed by atoms with Crippen molar-refractivity contribution in [3.63, 3.8) is 0 Å². The van der Waals surface area contributed by atoms with Crippen molar-refractivity contribution in [2.45, 2.75) is 25.2 Å². The average Bonchev–Trinajstić information content (AvgIpc) is 2.78. The Labute approximate surface area is 114 Å².